The van der Waals surface area contributed by atoms with Crippen molar-refractivity contribution in [2.45, 2.75) is 29.1 Å². The Morgan fingerprint density at radius 1 is 1.15 bits per heavy atom. The zero-order chi connectivity index (χ0) is 14.1. The number of nitrogen functional groups attached to an aromatic ring is 1. The highest BCUT2D eigenvalue weighted by Crippen LogP contribution is 2.34. The first kappa shape index (κ1) is 13.3. The zero-order valence-corrected chi connectivity index (χ0v) is 12.8. The van der Waals surface area contributed by atoms with Gasteiger partial charge in [-0.15, -0.1) is 11.3 Å². The minimum Gasteiger partial charge on any atom is -0.384 e. The first-order valence-corrected chi connectivity index (χ1v) is 7.93. The highest BCUT2D eigenvalue weighted by Gasteiger charge is 2.10. The molecule has 0 aliphatic heterocycles. The van der Waals surface area contributed by atoms with Gasteiger partial charge in [-0.1, -0.05) is 26.0 Å². The number of benzene rings is 1. The first-order valence-electron chi connectivity index (χ1n) is 6.29. The summed E-state index contributed by atoms with van der Waals surface area (Å²) in [4.78, 5) is 13.4. The number of nitrogens with two attached hydrogens (primary N) is 1. The summed E-state index contributed by atoms with van der Waals surface area (Å²) in [5.41, 5.74) is 6.86. The monoisotopic (exact) mass is 302 g/mol. The van der Waals surface area contributed by atoms with Gasteiger partial charge < -0.3 is 5.73 Å². The molecule has 102 valence electrons. The molecular formula is C14H14N4S2. The fourth-order valence-corrected chi connectivity index (χ4v) is 3.79. The van der Waals surface area contributed by atoms with E-state index in [9.17, 15) is 0 Å². The van der Waals surface area contributed by atoms with Gasteiger partial charge in [0.2, 0.25) is 0 Å². The second kappa shape index (κ2) is 5.38. The molecule has 2 heterocycles. The van der Waals surface area contributed by atoms with E-state index in [1.165, 1.54) is 16.5 Å². The number of aromatic nitrogens is 3. The molecule has 0 saturated heterocycles. The molecule has 2 N–H and O–H groups in total. The van der Waals surface area contributed by atoms with Gasteiger partial charge >= 0.3 is 0 Å². The van der Waals surface area contributed by atoms with Gasteiger partial charge in [0.1, 0.15) is 16.7 Å². The summed E-state index contributed by atoms with van der Waals surface area (Å²) in [6, 6.07) is 9.90. The maximum absolute atomic E-state index is 5.84. The molecule has 0 saturated carbocycles. The van der Waals surface area contributed by atoms with Crippen molar-refractivity contribution >= 4 is 39.1 Å². The summed E-state index contributed by atoms with van der Waals surface area (Å²) < 4.78 is 2.15. The minimum absolute atomic E-state index is 0.258. The third-order valence-corrected chi connectivity index (χ3v) is 4.74. The Balaban J connectivity index is 1.94. The highest BCUT2D eigenvalue weighted by atomic mass is 32.2. The molecule has 4 nitrogen and oxygen atoms in total. The van der Waals surface area contributed by atoms with Crippen LogP contribution in [-0.4, -0.2) is 15.0 Å². The van der Waals surface area contributed by atoms with Crippen molar-refractivity contribution in [2.75, 3.05) is 5.73 Å². The van der Waals surface area contributed by atoms with Crippen molar-refractivity contribution in [2.24, 2.45) is 0 Å². The van der Waals surface area contributed by atoms with Crippen LogP contribution in [0.2, 0.25) is 0 Å². The van der Waals surface area contributed by atoms with E-state index in [0.717, 1.165) is 20.7 Å². The van der Waals surface area contributed by atoms with E-state index in [2.05, 4.69) is 34.9 Å². The molecule has 0 radical (unpaired) electrons. The van der Waals surface area contributed by atoms with Crippen molar-refractivity contribution in [3.63, 3.8) is 0 Å². The Bertz CT molecular complexity index is 719. The largest absolute Gasteiger partial charge is 0.384 e. The van der Waals surface area contributed by atoms with E-state index in [0.29, 0.717) is 5.82 Å². The molecule has 1 aromatic carbocycles. The van der Waals surface area contributed by atoms with E-state index < -0.39 is 0 Å². The van der Waals surface area contributed by atoms with Crippen molar-refractivity contribution in [1.82, 2.24) is 15.0 Å². The predicted molar refractivity (Wildman–Crippen MR) is 84.3 cm³/mol. The minimum atomic E-state index is 0.258. The van der Waals surface area contributed by atoms with Crippen molar-refractivity contribution < 1.29 is 0 Å². The van der Waals surface area contributed by atoms with Crippen LogP contribution in [0.25, 0.3) is 10.2 Å². The normalized spacial score (nSPS) is 11.3. The topological polar surface area (TPSA) is 64.7 Å². The van der Waals surface area contributed by atoms with Crippen molar-refractivity contribution in [3.05, 3.63) is 36.2 Å². The van der Waals surface area contributed by atoms with Gasteiger partial charge in [-0.25, -0.2) is 15.0 Å². The van der Waals surface area contributed by atoms with Crippen LogP contribution >= 0.6 is 23.1 Å². The molecule has 0 spiro atoms. The molecule has 0 unspecified atom stereocenters. The molecule has 0 atom stereocenters. The Hall–Kier alpha value is -1.66. The zero-order valence-electron chi connectivity index (χ0n) is 11.2. The molecule has 2 aromatic heterocycles. The van der Waals surface area contributed by atoms with Crippen molar-refractivity contribution in [1.29, 1.82) is 0 Å². The molecular weight excluding hydrogens is 288 g/mol. The van der Waals surface area contributed by atoms with Gasteiger partial charge in [0.15, 0.2) is 4.34 Å². The number of anilines is 1. The van der Waals surface area contributed by atoms with Crippen LogP contribution in [0, 0.1) is 0 Å². The van der Waals surface area contributed by atoms with Crippen LogP contribution in [0.15, 0.2) is 39.7 Å². The number of nitrogens with zero attached hydrogens (tertiary/aromatic N) is 3. The number of hydrogen-bond donors (Lipinski definition) is 1. The second-order valence-corrected chi connectivity index (χ2v) is 6.99. The molecule has 3 rings (SSSR count). The van der Waals surface area contributed by atoms with E-state index in [1.54, 1.807) is 17.4 Å². The molecule has 3 aromatic rings. The lowest BCUT2D eigenvalue weighted by atomic mass is 10.2. The highest BCUT2D eigenvalue weighted by molar-refractivity contribution is 8.01. The van der Waals surface area contributed by atoms with Gasteiger partial charge in [-0.2, -0.15) is 0 Å². The Morgan fingerprint density at radius 3 is 2.70 bits per heavy atom. The van der Waals surface area contributed by atoms with Gasteiger partial charge in [0, 0.05) is 12.0 Å². The molecule has 0 aliphatic rings. The third kappa shape index (κ3) is 2.76. The molecule has 0 fully saturated rings. The van der Waals surface area contributed by atoms with Crippen LogP contribution in [0.5, 0.6) is 0 Å². The van der Waals surface area contributed by atoms with Gasteiger partial charge in [0.25, 0.3) is 0 Å². The first-order chi connectivity index (χ1) is 9.61. The lowest BCUT2D eigenvalue weighted by molar-refractivity contribution is 0.756. The number of hydrogen-bond acceptors (Lipinski definition) is 6. The van der Waals surface area contributed by atoms with Crippen LogP contribution < -0.4 is 5.73 Å². The maximum atomic E-state index is 5.84. The van der Waals surface area contributed by atoms with Crippen LogP contribution in [0.1, 0.15) is 25.6 Å². The average molecular weight is 302 g/mol. The van der Waals surface area contributed by atoms with Crippen LogP contribution in [0.3, 0.4) is 0 Å². The Morgan fingerprint density at radius 2 is 1.95 bits per heavy atom. The van der Waals surface area contributed by atoms with Gasteiger partial charge in [0.05, 0.1) is 10.2 Å². The number of fused-ring (bicyclic) bond motifs is 1. The summed E-state index contributed by atoms with van der Waals surface area (Å²) in [5.74, 6) is 1.54. The standard InChI is InChI=1S/C14H14N4S2/c1-8(2)13-17-11(15)7-12(18-13)20-14-16-9-5-3-4-6-10(9)19-14/h3-8H,1-2H3,(H2,15,17,18). The van der Waals surface area contributed by atoms with Crippen LogP contribution in [-0.2, 0) is 0 Å². The van der Waals surface area contributed by atoms with Crippen molar-refractivity contribution in [3.8, 4) is 0 Å². The third-order valence-electron chi connectivity index (χ3n) is 2.72. The molecule has 0 amide bonds. The predicted octanol–water partition coefficient (Wildman–Crippen LogP) is 3.94. The number of rotatable bonds is 3. The lowest BCUT2D eigenvalue weighted by Gasteiger charge is -2.06. The summed E-state index contributed by atoms with van der Waals surface area (Å²) >= 11 is 3.20. The quantitative estimate of drug-likeness (QED) is 0.742. The summed E-state index contributed by atoms with van der Waals surface area (Å²) in [6.45, 7) is 4.11. The van der Waals surface area contributed by atoms with Gasteiger partial charge in [-0.3, -0.25) is 0 Å². The maximum Gasteiger partial charge on any atom is 0.157 e. The van der Waals surface area contributed by atoms with Gasteiger partial charge in [-0.05, 0) is 23.9 Å². The SMILES string of the molecule is CC(C)c1nc(N)cc(Sc2nc3ccccc3s2)n1. The number of thiazole rings is 1. The van der Waals surface area contributed by atoms with E-state index >= 15 is 0 Å². The van der Waals surface area contributed by atoms with E-state index in [1.807, 2.05) is 18.2 Å². The fraction of sp³-hybridized carbons (Fsp3) is 0.214. The summed E-state index contributed by atoms with van der Waals surface area (Å²) in [6.07, 6.45) is 0. The average Bonchev–Trinajstić information content (AvgIpc) is 2.79. The Kier molecular flexibility index (Phi) is 3.58. The summed E-state index contributed by atoms with van der Waals surface area (Å²) in [7, 11) is 0. The lowest BCUT2D eigenvalue weighted by Crippen LogP contribution is -2.02. The summed E-state index contributed by atoms with van der Waals surface area (Å²) in [5, 5.41) is 0.847. The Labute approximate surface area is 125 Å². The van der Waals surface area contributed by atoms with Crippen LogP contribution in [0.4, 0.5) is 5.82 Å². The molecule has 0 bridgehead atoms. The molecule has 0 aliphatic carbocycles. The molecule has 6 heteroatoms. The fourth-order valence-electron chi connectivity index (χ4n) is 1.76. The smallest absolute Gasteiger partial charge is 0.157 e. The number of para-hydroxylation sites is 1. The van der Waals surface area contributed by atoms with E-state index in [-0.39, 0.29) is 5.92 Å². The van der Waals surface area contributed by atoms with E-state index in [4.69, 9.17) is 5.73 Å². The second-order valence-electron chi connectivity index (χ2n) is 4.69. The molecule has 20 heavy (non-hydrogen) atoms.